The van der Waals surface area contributed by atoms with Gasteiger partial charge in [-0.3, -0.25) is 4.79 Å². The third kappa shape index (κ3) is 4.70. The summed E-state index contributed by atoms with van der Waals surface area (Å²) in [4.78, 5) is 31.4. The largest absolute Gasteiger partial charge is 0.445 e. The van der Waals surface area contributed by atoms with E-state index in [9.17, 15) is 9.59 Å². The standard InChI is InChI=1S/C24H22ClN3O3/c1-16-13-20(27-24(30)31-15-17-7-3-2-4-8-17)19-9-5-6-10-21(19)28(16)23(29)18-11-12-22(25)26-14-18/h2-12,14,16,20H,13,15H2,1H3,(H,27,30)/t16-,20+/m0/s1. The first-order valence-electron chi connectivity index (χ1n) is 10.0. The van der Waals surface area contributed by atoms with E-state index in [1.165, 1.54) is 6.20 Å². The Morgan fingerprint density at radius 1 is 1.10 bits per heavy atom. The molecule has 1 aliphatic rings. The van der Waals surface area contributed by atoms with E-state index in [2.05, 4.69) is 10.3 Å². The van der Waals surface area contributed by atoms with Crippen LogP contribution in [0.5, 0.6) is 0 Å². The Bertz CT molecular complexity index is 1070. The monoisotopic (exact) mass is 435 g/mol. The number of ether oxygens (including phenoxy) is 1. The number of hydrogen-bond donors (Lipinski definition) is 1. The normalized spacial score (nSPS) is 17.5. The van der Waals surface area contributed by atoms with E-state index in [1.54, 1.807) is 17.0 Å². The van der Waals surface area contributed by atoms with Crippen molar-refractivity contribution in [1.29, 1.82) is 0 Å². The Kier molecular flexibility index (Phi) is 6.18. The molecule has 2 atom stereocenters. The van der Waals surface area contributed by atoms with Gasteiger partial charge < -0.3 is 15.0 Å². The highest BCUT2D eigenvalue weighted by Gasteiger charge is 2.35. The second kappa shape index (κ2) is 9.18. The molecule has 1 N–H and O–H groups in total. The number of pyridine rings is 1. The van der Waals surface area contributed by atoms with Crippen LogP contribution in [0.15, 0.2) is 72.9 Å². The lowest BCUT2D eigenvalue weighted by Crippen LogP contribution is -2.46. The van der Waals surface area contributed by atoms with E-state index in [4.69, 9.17) is 16.3 Å². The Balaban J connectivity index is 1.52. The molecule has 2 aromatic carbocycles. The third-order valence-electron chi connectivity index (χ3n) is 5.29. The molecule has 0 saturated carbocycles. The molecule has 0 radical (unpaired) electrons. The molecule has 2 heterocycles. The van der Waals surface area contributed by atoms with Crippen LogP contribution in [0.2, 0.25) is 5.15 Å². The fourth-order valence-corrected chi connectivity index (χ4v) is 3.92. The lowest BCUT2D eigenvalue weighted by atomic mass is 9.91. The van der Waals surface area contributed by atoms with Crippen LogP contribution >= 0.6 is 11.6 Å². The van der Waals surface area contributed by atoms with Crippen LogP contribution in [0.4, 0.5) is 10.5 Å². The number of carbonyl (C=O) groups excluding carboxylic acids is 2. The number of aromatic nitrogens is 1. The minimum atomic E-state index is -0.488. The van der Waals surface area contributed by atoms with Gasteiger partial charge in [0.05, 0.1) is 11.6 Å². The van der Waals surface area contributed by atoms with Crippen LogP contribution in [0.3, 0.4) is 0 Å². The van der Waals surface area contributed by atoms with Crippen LogP contribution in [0.1, 0.15) is 40.9 Å². The van der Waals surface area contributed by atoms with Crippen molar-refractivity contribution in [2.24, 2.45) is 0 Å². The van der Waals surface area contributed by atoms with Crippen LogP contribution in [-0.4, -0.2) is 23.0 Å². The van der Waals surface area contributed by atoms with E-state index in [1.807, 2.05) is 61.5 Å². The van der Waals surface area contributed by atoms with Gasteiger partial charge in [0.15, 0.2) is 0 Å². The molecule has 158 valence electrons. The Morgan fingerprint density at radius 3 is 2.58 bits per heavy atom. The molecule has 0 fully saturated rings. The molecule has 0 spiro atoms. The van der Waals surface area contributed by atoms with Crippen LogP contribution in [0.25, 0.3) is 0 Å². The van der Waals surface area contributed by atoms with E-state index in [-0.39, 0.29) is 24.6 Å². The number of hydrogen-bond acceptors (Lipinski definition) is 4. The minimum Gasteiger partial charge on any atom is -0.445 e. The Morgan fingerprint density at radius 2 is 1.84 bits per heavy atom. The Labute approximate surface area is 185 Å². The van der Waals surface area contributed by atoms with Gasteiger partial charge in [-0.05, 0) is 42.7 Å². The van der Waals surface area contributed by atoms with Crippen molar-refractivity contribution < 1.29 is 14.3 Å². The van der Waals surface area contributed by atoms with Crippen molar-refractivity contribution in [2.75, 3.05) is 4.90 Å². The number of benzene rings is 2. The van der Waals surface area contributed by atoms with Gasteiger partial charge in [0.1, 0.15) is 11.8 Å². The van der Waals surface area contributed by atoms with Crippen molar-refractivity contribution in [3.63, 3.8) is 0 Å². The fourth-order valence-electron chi connectivity index (χ4n) is 3.81. The highest BCUT2D eigenvalue weighted by molar-refractivity contribution is 6.29. The maximum absolute atomic E-state index is 13.2. The quantitative estimate of drug-likeness (QED) is 0.576. The number of nitrogens with zero attached hydrogens (tertiary/aromatic N) is 2. The molecule has 4 rings (SSSR count). The maximum atomic E-state index is 13.2. The molecule has 0 aliphatic carbocycles. The van der Waals surface area contributed by atoms with Gasteiger partial charge in [-0.2, -0.15) is 0 Å². The topological polar surface area (TPSA) is 71.5 Å². The zero-order valence-corrected chi connectivity index (χ0v) is 17.8. The highest BCUT2D eigenvalue weighted by Crippen LogP contribution is 2.37. The molecule has 0 saturated heterocycles. The number of anilines is 1. The smallest absolute Gasteiger partial charge is 0.407 e. The number of alkyl carbamates (subject to hydrolysis) is 1. The lowest BCUT2D eigenvalue weighted by molar-refractivity contribution is 0.0971. The average Bonchev–Trinajstić information content (AvgIpc) is 2.79. The first-order chi connectivity index (χ1) is 15.0. The minimum absolute atomic E-state index is 0.141. The number of carbonyl (C=O) groups is 2. The predicted molar refractivity (Wildman–Crippen MR) is 119 cm³/mol. The molecule has 0 unspecified atom stereocenters. The SMILES string of the molecule is C[C@H]1C[C@@H](NC(=O)OCc2ccccc2)c2ccccc2N1C(=O)c1ccc(Cl)nc1. The molecular formula is C24H22ClN3O3. The number of fused-ring (bicyclic) bond motifs is 1. The van der Waals surface area contributed by atoms with Crippen molar-refractivity contribution in [3.8, 4) is 0 Å². The molecular weight excluding hydrogens is 414 g/mol. The summed E-state index contributed by atoms with van der Waals surface area (Å²) in [5.74, 6) is -0.158. The summed E-state index contributed by atoms with van der Waals surface area (Å²) in [5.41, 5.74) is 3.00. The van der Waals surface area contributed by atoms with Crippen LogP contribution < -0.4 is 10.2 Å². The fraction of sp³-hybridized carbons (Fsp3) is 0.208. The molecule has 1 aliphatic heterocycles. The zero-order chi connectivity index (χ0) is 21.8. The molecule has 7 heteroatoms. The van der Waals surface area contributed by atoms with Crippen molar-refractivity contribution in [1.82, 2.24) is 10.3 Å². The molecule has 1 aromatic heterocycles. The number of amides is 2. The second-order valence-corrected chi connectivity index (χ2v) is 7.83. The van der Waals surface area contributed by atoms with Crippen LogP contribution in [-0.2, 0) is 11.3 Å². The first-order valence-corrected chi connectivity index (χ1v) is 10.4. The van der Waals surface area contributed by atoms with Crippen molar-refractivity contribution >= 4 is 29.3 Å². The maximum Gasteiger partial charge on any atom is 0.407 e. The predicted octanol–water partition coefficient (Wildman–Crippen LogP) is 5.14. The van der Waals surface area contributed by atoms with Gasteiger partial charge in [0.2, 0.25) is 0 Å². The molecule has 31 heavy (non-hydrogen) atoms. The van der Waals surface area contributed by atoms with E-state index < -0.39 is 6.09 Å². The summed E-state index contributed by atoms with van der Waals surface area (Å²) < 4.78 is 5.38. The van der Waals surface area contributed by atoms with Crippen molar-refractivity contribution in [2.45, 2.75) is 32.0 Å². The number of halogens is 1. The van der Waals surface area contributed by atoms with Gasteiger partial charge in [0.25, 0.3) is 5.91 Å². The lowest BCUT2D eigenvalue weighted by Gasteiger charge is -2.39. The number of rotatable bonds is 4. The van der Waals surface area contributed by atoms with Crippen molar-refractivity contribution in [3.05, 3.63) is 94.8 Å². The summed E-state index contributed by atoms with van der Waals surface area (Å²) in [6.45, 7) is 2.16. The summed E-state index contributed by atoms with van der Waals surface area (Å²) in [6.07, 6.45) is 1.55. The van der Waals surface area contributed by atoms with Crippen LogP contribution in [0, 0.1) is 0 Å². The van der Waals surface area contributed by atoms with Gasteiger partial charge >= 0.3 is 6.09 Å². The third-order valence-corrected chi connectivity index (χ3v) is 5.51. The summed E-state index contributed by atoms with van der Waals surface area (Å²) in [6, 6.07) is 20.0. The van der Waals surface area contributed by atoms with Gasteiger partial charge in [-0.1, -0.05) is 60.1 Å². The average molecular weight is 436 g/mol. The highest BCUT2D eigenvalue weighted by atomic mass is 35.5. The summed E-state index contributed by atoms with van der Waals surface area (Å²) >= 11 is 5.86. The molecule has 3 aromatic rings. The zero-order valence-electron chi connectivity index (χ0n) is 17.0. The Hall–Kier alpha value is -3.38. The molecule has 0 bridgehead atoms. The molecule has 6 nitrogen and oxygen atoms in total. The van der Waals surface area contributed by atoms with Gasteiger partial charge in [-0.25, -0.2) is 9.78 Å². The summed E-state index contributed by atoms with van der Waals surface area (Å²) in [7, 11) is 0. The second-order valence-electron chi connectivity index (χ2n) is 7.45. The van der Waals surface area contributed by atoms with E-state index in [0.717, 1.165) is 16.8 Å². The van der Waals surface area contributed by atoms with Gasteiger partial charge in [-0.15, -0.1) is 0 Å². The van der Waals surface area contributed by atoms with Gasteiger partial charge in [0, 0.05) is 17.9 Å². The summed E-state index contributed by atoms with van der Waals surface area (Å²) in [5, 5.41) is 3.29. The number of nitrogens with one attached hydrogen (secondary N) is 1. The van der Waals surface area contributed by atoms with E-state index in [0.29, 0.717) is 17.1 Å². The van der Waals surface area contributed by atoms with E-state index >= 15 is 0 Å². The number of para-hydroxylation sites is 1. The first kappa shape index (κ1) is 20.9. The molecule has 2 amide bonds.